The number of carbonyl (C=O) groups excluding carboxylic acids is 1. The van der Waals surface area contributed by atoms with Gasteiger partial charge in [0.2, 0.25) is 0 Å². The van der Waals surface area contributed by atoms with Crippen LogP contribution in [0.5, 0.6) is 0 Å². The molecule has 1 fully saturated rings. The quantitative estimate of drug-likeness (QED) is 0.630. The molecule has 2 aromatic rings. The van der Waals surface area contributed by atoms with Crippen molar-refractivity contribution in [1.82, 2.24) is 26.0 Å². The van der Waals surface area contributed by atoms with E-state index >= 15 is 0 Å². The van der Waals surface area contributed by atoms with Crippen molar-refractivity contribution in [1.29, 1.82) is 0 Å². The van der Waals surface area contributed by atoms with Crippen LogP contribution in [0.25, 0.3) is 5.70 Å². The third-order valence-corrected chi connectivity index (χ3v) is 6.04. The van der Waals surface area contributed by atoms with Gasteiger partial charge in [0.05, 0.1) is 29.9 Å². The largest absolute Gasteiger partial charge is 0.453 e. The minimum atomic E-state index is -0.404. The first-order valence-electron chi connectivity index (χ1n) is 12.0. The Labute approximate surface area is 202 Å². The number of allylic oxidation sites excluding steroid dienone is 1. The van der Waals surface area contributed by atoms with Gasteiger partial charge in [-0.05, 0) is 62.6 Å². The van der Waals surface area contributed by atoms with Crippen molar-refractivity contribution < 1.29 is 9.53 Å². The molecule has 8 nitrogen and oxygen atoms in total. The van der Waals surface area contributed by atoms with Crippen molar-refractivity contribution in [2.45, 2.75) is 58.0 Å². The summed E-state index contributed by atoms with van der Waals surface area (Å²) in [5.74, 6) is 0.128. The van der Waals surface area contributed by atoms with Gasteiger partial charge in [-0.15, -0.1) is 0 Å². The third kappa shape index (κ3) is 6.20. The lowest BCUT2D eigenvalue weighted by atomic mass is 9.77. The number of amides is 1. The summed E-state index contributed by atoms with van der Waals surface area (Å²) in [5, 5.41) is 11.1. The molecule has 0 aromatic carbocycles. The number of methoxy groups -OCH3 is 1. The molecule has 0 saturated heterocycles. The minimum Gasteiger partial charge on any atom is -0.453 e. The number of fused-ring (bicyclic) bond motifs is 1. The summed E-state index contributed by atoms with van der Waals surface area (Å²) in [5.41, 5.74) is 8.16. The third-order valence-electron chi connectivity index (χ3n) is 6.04. The van der Waals surface area contributed by atoms with Crippen LogP contribution in [0.4, 0.5) is 4.79 Å². The lowest BCUT2D eigenvalue weighted by Gasteiger charge is -2.36. The number of ether oxygens (including phenoxy) is 1. The summed E-state index contributed by atoms with van der Waals surface area (Å²) < 4.78 is 4.85. The first-order valence-corrected chi connectivity index (χ1v) is 12.0. The van der Waals surface area contributed by atoms with Gasteiger partial charge in [-0.25, -0.2) is 4.79 Å². The summed E-state index contributed by atoms with van der Waals surface area (Å²) >= 11 is 0. The number of nitrogens with one attached hydrogen (secondary N) is 3. The Hall–Kier alpha value is -3.26. The lowest BCUT2D eigenvalue weighted by molar-refractivity contribution is 0.161. The van der Waals surface area contributed by atoms with Gasteiger partial charge in [0.1, 0.15) is 0 Å². The van der Waals surface area contributed by atoms with Crippen molar-refractivity contribution in [3.8, 4) is 0 Å². The highest BCUT2D eigenvalue weighted by Gasteiger charge is 2.35. The van der Waals surface area contributed by atoms with E-state index in [2.05, 4.69) is 39.9 Å². The van der Waals surface area contributed by atoms with E-state index in [9.17, 15) is 4.79 Å². The van der Waals surface area contributed by atoms with Crippen LogP contribution in [-0.4, -0.2) is 48.0 Å². The van der Waals surface area contributed by atoms with E-state index < -0.39 is 6.09 Å². The smallest absolute Gasteiger partial charge is 0.407 e. The Kier molecular flexibility index (Phi) is 9.58. The standard InChI is InChI=1S/C23H28N6O2.C3H8/c1-24-17-11-9-15-16(10-12-18(17)27-23(30)31-2)22(20-8-4-6-14-26-20)29-28-21(15)19-7-3-5-13-25-19;1-3-2/h3-8,13-15,17-18,24,29H,9-12H2,1-2H3,(H,27,30);3H2,1-2H3. The zero-order valence-corrected chi connectivity index (χ0v) is 20.5. The van der Waals surface area contributed by atoms with Crippen LogP contribution in [0.1, 0.15) is 57.3 Å². The van der Waals surface area contributed by atoms with Gasteiger partial charge in [0.15, 0.2) is 0 Å². The Morgan fingerprint density at radius 3 is 2.29 bits per heavy atom. The molecule has 1 aliphatic carbocycles. The molecule has 3 N–H and O–H groups in total. The summed E-state index contributed by atoms with van der Waals surface area (Å²) in [6.45, 7) is 4.25. The van der Waals surface area contributed by atoms with Gasteiger partial charge in [0.25, 0.3) is 0 Å². The average Bonchev–Trinajstić information content (AvgIpc) is 2.87. The van der Waals surface area contributed by atoms with Crippen LogP contribution >= 0.6 is 0 Å². The van der Waals surface area contributed by atoms with Crippen LogP contribution in [0.15, 0.2) is 59.5 Å². The first kappa shape index (κ1) is 25.4. The van der Waals surface area contributed by atoms with Crippen LogP contribution in [0, 0.1) is 5.92 Å². The van der Waals surface area contributed by atoms with Gasteiger partial charge in [-0.2, -0.15) is 5.10 Å². The second kappa shape index (κ2) is 12.8. The molecule has 4 rings (SSSR count). The monoisotopic (exact) mass is 464 g/mol. The predicted molar refractivity (Wildman–Crippen MR) is 135 cm³/mol. The Morgan fingerprint density at radius 2 is 1.71 bits per heavy atom. The average molecular weight is 465 g/mol. The maximum atomic E-state index is 11.9. The molecule has 34 heavy (non-hydrogen) atoms. The maximum Gasteiger partial charge on any atom is 0.407 e. The fourth-order valence-electron chi connectivity index (χ4n) is 4.49. The van der Waals surface area contributed by atoms with E-state index in [1.165, 1.54) is 19.1 Å². The van der Waals surface area contributed by atoms with Crippen molar-refractivity contribution >= 4 is 17.5 Å². The highest BCUT2D eigenvalue weighted by Crippen LogP contribution is 2.36. The van der Waals surface area contributed by atoms with E-state index in [0.29, 0.717) is 0 Å². The molecule has 1 aliphatic heterocycles. The van der Waals surface area contributed by atoms with Crippen molar-refractivity contribution in [3.63, 3.8) is 0 Å². The molecule has 1 saturated carbocycles. The fourth-order valence-corrected chi connectivity index (χ4v) is 4.49. The van der Waals surface area contributed by atoms with Crippen molar-refractivity contribution in [3.05, 3.63) is 65.8 Å². The molecule has 3 heterocycles. The molecular formula is C26H36N6O2. The van der Waals surface area contributed by atoms with Crippen LogP contribution in [-0.2, 0) is 4.74 Å². The number of aromatic nitrogens is 2. The van der Waals surface area contributed by atoms with Crippen molar-refractivity contribution in [2.75, 3.05) is 14.2 Å². The Balaban J connectivity index is 0.00000103. The lowest BCUT2D eigenvalue weighted by Crippen LogP contribution is -2.50. The molecule has 2 aliphatic rings. The second-order valence-corrected chi connectivity index (χ2v) is 8.45. The predicted octanol–water partition coefficient (Wildman–Crippen LogP) is 4.11. The number of nitrogens with zero attached hydrogens (tertiary/aromatic N) is 3. The zero-order chi connectivity index (χ0) is 24.3. The van der Waals surface area contributed by atoms with E-state index in [4.69, 9.17) is 9.84 Å². The molecule has 0 spiro atoms. The van der Waals surface area contributed by atoms with Crippen LogP contribution in [0.2, 0.25) is 0 Å². The minimum absolute atomic E-state index is 0.0342. The number of carbonyl (C=O) groups is 1. The molecule has 182 valence electrons. The molecule has 2 aromatic heterocycles. The topological polar surface area (TPSA) is 101 Å². The Bertz CT molecular complexity index is 977. The second-order valence-electron chi connectivity index (χ2n) is 8.45. The number of pyridine rings is 2. The van der Waals surface area contributed by atoms with E-state index in [-0.39, 0.29) is 18.0 Å². The molecule has 0 bridgehead atoms. The van der Waals surface area contributed by atoms with Gasteiger partial charge in [0, 0.05) is 30.4 Å². The van der Waals surface area contributed by atoms with Crippen LogP contribution < -0.4 is 16.1 Å². The summed E-state index contributed by atoms with van der Waals surface area (Å²) in [4.78, 5) is 21.0. The number of likely N-dealkylation sites (N-methyl/N-ethyl adjacent to an activating group) is 1. The molecule has 1 amide bonds. The highest BCUT2D eigenvalue weighted by molar-refractivity contribution is 6.04. The number of hydrogen-bond donors (Lipinski definition) is 3. The highest BCUT2D eigenvalue weighted by atomic mass is 16.5. The first-order chi connectivity index (χ1) is 16.6. The molecular weight excluding hydrogens is 428 g/mol. The van der Waals surface area contributed by atoms with Gasteiger partial charge in [-0.3, -0.25) is 15.4 Å². The van der Waals surface area contributed by atoms with Gasteiger partial charge >= 0.3 is 6.09 Å². The van der Waals surface area contributed by atoms with E-state index in [0.717, 1.165) is 48.5 Å². The SMILES string of the molecule is CCC.CNC1CCC2C(c3ccccn3)=NNC(c3ccccn3)=C2CCC1NC(=O)OC. The van der Waals surface area contributed by atoms with Crippen molar-refractivity contribution in [2.24, 2.45) is 11.0 Å². The molecule has 8 heteroatoms. The molecule has 3 atom stereocenters. The zero-order valence-electron chi connectivity index (χ0n) is 20.5. The normalized spacial score (nSPS) is 22.0. The van der Waals surface area contributed by atoms with E-state index in [1.54, 1.807) is 12.4 Å². The molecule has 3 unspecified atom stereocenters. The van der Waals surface area contributed by atoms with Gasteiger partial charge in [-0.1, -0.05) is 32.4 Å². The summed E-state index contributed by atoms with van der Waals surface area (Å²) in [6, 6.07) is 11.9. The summed E-state index contributed by atoms with van der Waals surface area (Å²) in [7, 11) is 3.33. The van der Waals surface area contributed by atoms with Gasteiger partial charge < -0.3 is 15.4 Å². The van der Waals surface area contributed by atoms with Crippen LogP contribution in [0.3, 0.4) is 0 Å². The number of hydrazone groups is 1. The van der Waals surface area contributed by atoms with E-state index in [1.807, 2.05) is 43.4 Å². The maximum absolute atomic E-state index is 11.9. The fraction of sp³-hybridized carbons (Fsp3) is 0.462. The number of alkyl carbamates (subject to hydrolysis) is 1. The number of hydrogen-bond acceptors (Lipinski definition) is 7. The molecule has 0 radical (unpaired) electrons. The summed E-state index contributed by atoms with van der Waals surface area (Å²) in [6.07, 6.45) is 7.76. The number of rotatable bonds is 4. The Morgan fingerprint density at radius 1 is 1.03 bits per heavy atom.